The van der Waals surface area contributed by atoms with Crippen LogP contribution in [0.25, 0.3) is 10.8 Å². The molecule has 0 saturated carbocycles. The van der Waals surface area contributed by atoms with Gasteiger partial charge in [0, 0.05) is 19.0 Å². The van der Waals surface area contributed by atoms with Crippen LogP contribution in [0.2, 0.25) is 0 Å². The van der Waals surface area contributed by atoms with Crippen LogP contribution in [0.1, 0.15) is 29.8 Å². The first-order chi connectivity index (χ1) is 11.7. The quantitative estimate of drug-likeness (QED) is 0.936. The molecule has 2 amide bonds. The Morgan fingerprint density at radius 2 is 2.08 bits per heavy atom. The van der Waals surface area contributed by atoms with E-state index in [9.17, 15) is 9.59 Å². The van der Waals surface area contributed by atoms with E-state index < -0.39 is 6.04 Å². The van der Waals surface area contributed by atoms with Crippen molar-refractivity contribution in [2.45, 2.75) is 25.3 Å². The van der Waals surface area contributed by atoms with Crippen LogP contribution in [0, 0.1) is 0 Å². The van der Waals surface area contributed by atoms with Gasteiger partial charge in [-0.3, -0.25) is 9.59 Å². The summed E-state index contributed by atoms with van der Waals surface area (Å²) in [6.07, 6.45) is 2.51. The fraction of sp³-hybridized carbons (Fsp3) is 0.389. The number of aromatic nitrogens is 1. The molecule has 0 spiro atoms. The van der Waals surface area contributed by atoms with E-state index in [2.05, 4.69) is 10.3 Å². The summed E-state index contributed by atoms with van der Waals surface area (Å²) in [5.74, 6) is 0.0631. The molecule has 6 heteroatoms. The van der Waals surface area contributed by atoms with Gasteiger partial charge in [0.2, 0.25) is 11.8 Å². The average Bonchev–Trinajstić information content (AvgIpc) is 2.65. The van der Waals surface area contributed by atoms with Crippen LogP contribution >= 0.6 is 0 Å². The number of rotatable bonds is 3. The Hall–Kier alpha value is -2.63. The second-order valence-corrected chi connectivity index (χ2v) is 5.86. The molecule has 0 radical (unpaired) electrons. The molecule has 2 aromatic rings. The van der Waals surface area contributed by atoms with Gasteiger partial charge in [-0.2, -0.15) is 0 Å². The van der Waals surface area contributed by atoms with Crippen LogP contribution in [0.4, 0.5) is 0 Å². The Labute approximate surface area is 140 Å². The number of benzene rings is 1. The van der Waals surface area contributed by atoms with E-state index in [1.807, 2.05) is 24.3 Å². The summed E-state index contributed by atoms with van der Waals surface area (Å²) >= 11 is 0. The smallest absolute Gasteiger partial charge is 0.273 e. The second kappa shape index (κ2) is 6.86. The Morgan fingerprint density at radius 1 is 1.29 bits per heavy atom. The lowest BCUT2D eigenvalue weighted by molar-refractivity contribution is -0.126. The minimum Gasteiger partial charge on any atom is -0.481 e. The standard InChI is InChI=1S/C18H21N3O3/c1-19-16(22)15-9-5-6-10-21(15)18(23)14-11-12-7-3-4-8-13(12)17(20-14)24-2/h3-4,7-8,11,15H,5-6,9-10H2,1-2H3,(H,19,22). The summed E-state index contributed by atoms with van der Waals surface area (Å²) in [6.45, 7) is 0.563. The zero-order chi connectivity index (χ0) is 17.1. The van der Waals surface area contributed by atoms with E-state index >= 15 is 0 Å². The maximum absolute atomic E-state index is 13.0. The van der Waals surface area contributed by atoms with Gasteiger partial charge in [-0.05, 0) is 36.8 Å². The van der Waals surface area contributed by atoms with Crippen LogP contribution in [0.3, 0.4) is 0 Å². The molecule has 1 aliphatic heterocycles. The van der Waals surface area contributed by atoms with Gasteiger partial charge in [-0.15, -0.1) is 0 Å². The zero-order valence-corrected chi connectivity index (χ0v) is 13.9. The largest absolute Gasteiger partial charge is 0.481 e. The number of nitrogens with one attached hydrogen (secondary N) is 1. The van der Waals surface area contributed by atoms with E-state index in [1.54, 1.807) is 18.0 Å². The van der Waals surface area contributed by atoms with Gasteiger partial charge in [-0.1, -0.05) is 18.2 Å². The van der Waals surface area contributed by atoms with Gasteiger partial charge in [-0.25, -0.2) is 4.98 Å². The number of likely N-dealkylation sites (tertiary alicyclic amines) is 1. The number of fused-ring (bicyclic) bond motifs is 1. The molecule has 1 aliphatic rings. The van der Waals surface area contributed by atoms with Crippen molar-refractivity contribution in [1.29, 1.82) is 0 Å². The number of piperidine rings is 1. The molecule has 6 nitrogen and oxygen atoms in total. The molecule has 1 fully saturated rings. The number of nitrogens with zero attached hydrogens (tertiary/aromatic N) is 2. The Kier molecular flexibility index (Phi) is 4.64. The van der Waals surface area contributed by atoms with Crippen LogP contribution in [-0.2, 0) is 4.79 Å². The number of carbonyl (C=O) groups is 2. The van der Waals surface area contributed by atoms with E-state index in [1.165, 1.54) is 7.11 Å². The number of ether oxygens (including phenoxy) is 1. The lowest BCUT2D eigenvalue weighted by Gasteiger charge is -2.34. The van der Waals surface area contributed by atoms with Gasteiger partial charge in [0.1, 0.15) is 11.7 Å². The monoisotopic (exact) mass is 327 g/mol. The molecule has 1 saturated heterocycles. The average molecular weight is 327 g/mol. The Balaban J connectivity index is 1.99. The first-order valence-electron chi connectivity index (χ1n) is 8.12. The number of pyridine rings is 1. The van der Waals surface area contributed by atoms with Crippen molar-refractivity contribution in [2.24, 2.45) is 0 Å². The Bertz CT molecular complexity index is 775. The van der Waals surface area contributed by atoms with Gasteiger partial charge in [0.05, 0.1) is 7.11 Å². The highest BCUT2D eigenvalue weighted by Gasteiger charge is 2.33. The molecule has 1 N–H and O–H groups in total. The van der Waals surface area contributed by atoms with Crippen molar-refractivity contribution in [1.82, 2.24) is 15.2 Å². The van der Waals surface area contributed by atoms with Crippen LogP contribution in [0.5, 0.6) is 5.88 Å². The van der Waals surface area contributed by atoms with Gasteiger partial charge >= 0.3 is 0 Å². The lowest BCUT2D eigenvalue weighted by Crippen LogP contribution is -2.51. The third-order valence-electron chi connectivity index (χ3n) is 4.43. The van der Waals surface area contributed by atoms with E-state index in [0.29, 0.717) is 24.5 Å². The minimum absolute atomic E-state index is 0.129. The van der Waals surface area contributed by atoms with E-state index in [4.69, 9.17) is 4.74 Å². The Morgan fingerprint density at radius 3 is 2.83 bits per heavy atom. The fourth-order valence-corrected chi connectivity index (χ4v) is 3.19. The van der Waals surface area contributed by atoms with Crippen molar-refractivity contribution < 1.29 is 14.3 Å². The molecular formula is C18H21N3O3. The molecule has 1 unspecified atom stereocenters. The molecule has 1 aromatic heterocycles. The fourth-order valence-electron chi connectivity index (χ4n) is 3.19. The molecule has 0 bridgehead atoms. The van der Waals surface area contributed by atoms with E-state index in [-0.39, 0.29) is 11.8 Å². The molecule has 1 atom stereocenters. The maximum Gasteiger partial charge on any atom is 0.273 e. The van der Waals surface area contributed by atoms with Crippen LogP contribution in [-0.4, -0.2) is 48.4 Å². The van der Waals surface area contributed by atoms with Gasteiger partial charge in [0.25, 0.3) is 5.91 Å². The lowest BCUT2D eigenvalue weighted by atomic mass is 10.0. The first kappa shape index (κ1) is 16.2. The molecular weight excluding hydrogens is 306 g/mol. The number of hydrogen-bond acceptors (Lipinski definition) is 4. The second-order valence-electron chi connectivity index (χ2n) is 5.86. The number of likely N-dealkylation sites (N-methyl/N-ethyl adjacent to an activating group) is 1. The molecule has 3 rings (SSSR count). The zero-order valence-electron chi connectivity index (χ0n) is 13.9. The summed E-state index contributed by atoms with van der Waals surface area (Å²) in [7, 11) is 3.13. The summed E-state index contributed by atoms with van der Waals surface area (Å²) in [5.41, 5.74) is 0.307. The minimum atomic E-state index is -0.435. The third-order valence-corrected chi connectivity index (χ3v) is 4.43. The first-order valence-corrected chi connectivity index (χ1v) is 8.12. The van der Waals surface area contributed by atoms with Crippen molar-refractivity contribution in [3.05, 3.63) is 36.0 Å². The van der Waals surface area contributed by atoms with Crippen molar-refractivity contribution in [2.75, 3.05) is 20.7 Å². The molecule has 1 aromatic carbocycles. The highest BCUT2D eigenvalue weighted by atomic mass is 16.5. The number of carbonyl (C=O) groups excluding carboxylic acids is 2. The van der Waals surface area contributed by atoms with Crippen molar-refractivity contribution in [3.8, 4) is 5.88 Å². The predicted octanol–water partition coefficient (Wildman–Crippen LogP) is 1.98. The normalized spacial score (nSPS) is 17.6. The summed E-state index contributed by atoms with van der Waals surface area (Å²) in [4.78, 5) is 31.1. The van der Waals surface area contributed by atoms with E-state index in [0.717, 1.165) is 23.6 Å². The van der Waals surface area contributed by atoms with Crippen LogP contribution in [0.15, 0.2) is 30.3 Å². The predicted molar refractivity (Wildman–Crippen MR) is 91.0 cm³/mol. The SMILES string of the molecule is CNC(=O)C1CCCCN1C(=O)c1cc2ccccc2c(OC)n1. The number of methoxy groups -OCH3 is 1. The summed E-state index contributed by atoms with van der Waals surface area (Å²) < 4.78 is 5.34. The summed E-state index contributed by atoms with van der Waals surface area (Å²) in [6, 6.07) is 8.96. The van der Waals surface area contributed by atoms with Crippen molar-refractivity contribution >= 4 is 22.6 Å². The van der Waals surface area contributed by atoms with Crippen molar-refractivity contribution in [3.63, 3.8) is 0 Å². The maximum atomic E-state index is 13.0. The molecule has 126 valence electrons. The summed E-state index contributed by atoms with van der Waals surface area (Å²) in [5, 5.41) is 4.39. The van der Waals surface area contributed by atoms with Gasteiger partial charge in [0.15, 0.2) is 0 Å². The third kappa shape index (κ3) is 2.91. The number of hydrogen-bond donors (Lipinski definition) is 1. The highest BCUT2D eigenvalue weighted by molar-refractivity contribution is 6.00. The molecule has 0 aliphatic carbocycles. The highest BCUT2D eigenvalue weighted by Crippen LogP contribution is 2.26. The number of amides is 2. The van der Waals surface area contributed by atoms with Gasteiger partial charge < -0.3 is 15.0 Å². The molecule has 2 heterocycles. The molecule has 24 heavy (non-hydrogen) atoms. The topological polar surface area (TPSA) is 71.5 Å². The van der Waals surface area contributed by atoms with Crippen LogP contribution < -0.4 is 10.1 Å².